The van der Waals surface area contributed by atoms with Gasteiger partial charge >= 0.3 is 0 Å². The van der Waals surface area contributed by atoms with Gasteiger partial charge < -0.3 is 9.84 Å². The molecule has 1 aliphatic rings. The lowest BCUT2D eigenvalue weighted by Crippen LogP contribution is -2.44. The van der Waals surface area contributed by atoms with Gasteiger partial charge in [0.05, 0.1) is 12.0 Å². The molecule has 0 spiro atoms. The quantitative estimate of drug-likeness (QED) is 0.495. The van der Waals surface area contributed by atoms with E-state index in [1.54, 1.807) is 23.1 Å². The number of carbonyl (C=O) groups excluding carboxylic acids is 1. The molecule has 0 bridgehead atoms. The molecule has 1 amide bonds. The number of allylic oxidation sites excluding steroid dienone is 1. The molecule has 0 atom stereocenters. The first kappa shape index (κ1) is 18.5. The number of aromatic hydroxyl groups is 1. The van der Waals surface area contributed by atoms with Gasteiger partial charge in [0.25, 0.3) is 5.91 Å². The van der Waals surface area contributed by atoms with Gasteiger partial charge in [-0.25, -0.2) is 0 Å². The Morgan fingerprint density at radius 3 is 2.58 bits per heavy atom. The molecule has 1 fully saturated rings. The normalized spacial score (nSPS) is 16.8. The lowest BCUT2D eigenvalue weighted by molar-refractivity contribution is -0.125. The summed E-state index contributed by atoms with van der Waals surface area (Å²) in [5.74, 6) is 0.360. The van der Waals surface area contributed by atoms with Crippen LogP contribution < -0.4 is 4.74 Å². The minimum atomic E-state index is -0.364. The van der Waals surface area contributed by atoms with Gasteiger partial charge in [-0.1, -0.05) is 30.1 Å². The maximum atomic E-state index is 12.7. The van der Waals surface area contributed by atoms with Gasteiger partial charge in [0.2, 0.25) is 0 Å². The number of thiocarbonyl (C=S) groups is 1. The highest BCUT2D eigenvalue weighted by molar-refractivity contribution is 8.26. The van der Waals surface area contributed by atoms with Gasteiger partial charge in [0.1, 0.15) is 4.32 Å². The second-order valence-corrected chi connectivity index (χ2v) is 8.09. The lowest BCUT2D eigenvalue weighted by Gasteiger charge is -2.30. The Labute approximate surface area is 152 Å². The average molecular weight is 364 g/mol. The number of amides is 1. The molecule has 0 aromatic heterocycles. The highest BCUT2D eigenvalue weighted by Crippen LogP contribution is 2.38. The number of rotatable bonds is 4. The molecule has 1 N–H and O–H groups in total. The summed E-state index contributed by atoms with van der Waals surface area (Å²) in [5, 5.41) is 10.2. The number of carbonyl (C=O) groups is 1. The summed E-state index contributed by atoms with van der Waals surface area (Å²) in [6, 6.07) is 3.52. The number of hydrogen-bond acceptors (Lipinski definition) is 5. The lowest BCUT2D eigenvalue weighted by atomic mass is 10.0. The van der Waals surface area contributed by atoms with E-state index in [4.69, 9.17) is 17.0 Å². The fourth-order valence-electron chi connectivity index (χ4n) is 2.44. The highest BCUT2D eigenvalue weighted by atomic mass is 32.2. The molecular weight excluding hydrogens is 342 g/mol. The molecule has 1 aromatic rings. The molecular formula is C18H21NO3S2. The van der Waals surface area contributed by atoms with Crippen LogP contribution in [0.1, 0.15) is 31.9 Å². The van der Waals surface area contributed by atoms with Crippen LogP contribution in [0.15, 0.2) is 29.7 Å². The summed E-state index contributed by atoms with van der Waals surface area (Å²) in [7, 11) is 1.50. The SMILES string of the molecule is C=CCc1cc(/C=C2/SC(=S)N(C(C)(C)C)C2=O)cc(OC)c1O. The Hall–Kier alpha value is -1.79. The van der Waals surface area contributed by atoms with Gasteiger partial charge in [-0.15, -0.1) is 6.58 Å². The Morgan fingerprint density at radius 1 is 1.42 bits per heavy atom. The molecule has 24 heavy (non-hydrogen) atoms. The van der Waals surface area contributed by atoms with E-state index in [-0.39, 0.29) is 17.2 Å². The summed E-state index contributed by atoms with van der Waals surface area (Å²) in [5.41, 5.74) is 1.11. The van der Waals surface area contributed by atoms with Crippen molar-refractivity contribution in [2.24, 2.45) is 0 Å². The van der Waals surface area contributed by atoms with E-state index in [1.165, 1.54) is 18.9 Å². The summed E-state index contributed by atoms with van der Waals surface area (Å²) in [4.78, 5) is 14.8. The minimum absolute atomic E-state index is 0.0943. The Bertz CT molecular complexity index is 733. The topological polar surface area (TPSA) is 49.8 Å². The highest BCUT2D eigenvalue weighted by Gasteiger charge is 2.39. The predicted molar refractivity (Wildman–Crippen MR) is 103 cm³/mol. The number of hydrogen-bond donors (Lipinski definition) is 1. The number of ether oxygens (including phenoxy) is 1. The third-order valence-corrected chi connectivity index (χ3v) is 4.82. The molecule has 0 aliphatic carbocycles. The van der Waals surface area contributed by atoms with Crippen LogP contribution in [-0.4, -0.2) is 32.9 Å². The van der Waals surface area contributed by atoms with Gasteiger partial charge in [-0.2, -0.15) is 0 Å². The first-order chi connectivity index (χ1) is 11.2. The fourth-order valence-corrected chi connectivity index (χ4v) is 4.07. The van der Waals surface area contributed by atoms with E-state index >= 15 is 0 Å². The first-order valence-electron chi connectivity index (χ1n) is 7.48. The smallest absolute Gasteiger partial charge is 0.266 e. The van der Waals surface area contributed by atoms with Crippen LogP contribution in [0.25, 0.3) is 6.08 Å². The summed E-state index contributed by atoms with van der Waals surface area (Å²) >= 11 is 6.63. The molecule has 0 unspecified atom stereocenters. The van der Waals surface area contributed by atoms with Crippen molar-refractivity contribution in [3.05, 3.63) is 40.8 Å². The minimum Gasteiger partial charge on any atom is -0.504 e. The van der Waals surface area contributed by atoms with E-state index < -0.39 is 0 Å². The molecule has 2 rings (SSSR count). The number of thioether (sulfide) groups is 1. The van der Waals surface area contributed by atoms with Crippen LogP contribution >= 0.6 is 24.0 Å². The Morgan fingerprint density at radius 2 is 2.08 bits per heavy atom. The molecule has 4 nitrogen and oxygen atoms in total. The molecule has 1 heterocycles. The zero-order valence-electron chi connectivity index (χ0n) is 14.3. The number of nitrogens with zero attached hydrogens (tertiary/aromatic N) is 1. The van der Waals surface area contributed by atoms with Crippen molar-refractivity contribution >= 4 is 40.3 Å². The van der Waals surface area contributed by atoms with Crippen molar-refractivity contribution in [3.8, 4) is 11.5 Å². The summed E-state index contributed by atoms with van der Waals surface area (Å²) in [6.07, 6.45) is 3.99. The number of benzene rings is 1. The summed E-state index contributed by atoms with van der Waals surface area (Å²) in [6.45, 7) is 9.55. The van der Waals surface area contributed by atoms with Gasteiger partial charge in [0, 0.05) is 11.1 Å². The van der Waals surface area contributed by atoms with Crippen LogP contribution in [-0.2, 0) is 11.2 Å². The average Bonchev–Trinajstić information content (AvgIpc) is 2.76. The Balaban J connectivity index is 2.45. The van der Waals surface area contributed by atoms with Crippen LogP contribution in [0.4, 0.5) is 0 Å². The first-order valence-corrected chi connectivity index (χ1v) is 8.70. The van der Waals surface area contributed by atoms with E-state index in [0.717, 1.165) is 5.56 Å². The number of phenols is 1. The molecule has 6 heteroatoms. The van der Waals surface area contributed by atoms with Gasteiger partial charge in [-0.3, -0.25) is 9.69 Å². The van der Waals surface area contributed by atoms with Crippen LogP contribution in [0.2, 0.25) is 0 Å². The number of methoxy groups -OCH3 is 1. The van der Waals surface area contributed by atoms with Crippen LogP contribution in [0, 0.1) is 0 Å². The molecule has 128 valence electrons. The van der Waals surface area contributed by atoms with Crippen LogP contribution in [0.3, 0.4) is 0 Å². The van der Waals surface area contributed by atoms with Crippen molar-refractivity contribution in [2.75, 3.05) is 7.11 Å². The number of phenolic OH excluding ortho intramolecular Hbond substituents is 1. The van der Waals surface area contributed by atoms with E-state index in [2.05, 4.69) is 6.58 Å². The zero-order chi connectivity index (χ0) is 18.1. The van der Waals surface area contributed by atoms with Crippen molar-refractivity contribution < 1.29 is 14.6 Å². The van der Waals surface area contributed by atoms with E-state index in [9.17, 15) is 9.90 Å². The van der Waals surface area contributed by atoms with Crippen molar-refractivity contribution in [1.82, 2.24) is 4.90 Å². The van der Waals surface area contributed by atoms with Gasteiger partial charge in [-0.05, 0) is 51.0 Å². The van der Waals surface area contributed by atoms with E-state index in [0.29, 0.717) is 27.0 Å². The zero-order valence-corrected chi connectivity index (χ0v) is 15.9. The molecule has 0 saturated carbocycles. The fraction of sp³-hybridized carbons (Fsp3) is 0.333. The maximum Gasteiger partial charge on any atom is 0.266 e. The molecule has 1 aromatic carbocycles. The largest absolute Gasteiger partial charge is 0.504 e. The molecule has 1 saturated heterocycles. The molecule has 0 radical (unpaired) electrons. The van der Waals surface area contributed by atoms with Crippen molar-refractivity contribution in [1.29, 1.82) is 0 Å². The molecule has 1 aliphatic heterocycles. The van der Waals surface area contributed by atoms with Crippen molar-refractivity contribution in [3.63, 3.8) is 0 Å². The standard InChI is InChI=1S/C18H21NO3S2/c1-6-7-12-8-11(9-13(22-5)15(12)20)10-14-16(21)19(17(23)24-14)18(2,3)4/h6,8-10,20H,1,7H2,2-5H3/b14-10+. The van der Waals surface area contributed by atoms with E-state index in [1.807, 2.05) is 26.8 Å². The summed E-state index contributed by atoms with van der Waals surface area (Å²) < 4.78 is 5.77. The predicted octanol–water partition coefficient (Wildman–Crippen LogP) is 4.13. The second kappa shape index (κ2) is 6.99. The van der Waals surface area contributed by atoms with Crippen molar-refractivity contribution in [2.45, 2.75) is 32.7 Å². The van der Waals surface area contributed by atoms with Crippen LogP contribution in [0.5, 0.6) is 11.5 Å². The van der Waals surface area contributed by atoms with Gasteiger partial charge in [0.15, 0.2) is 11.5 Å². The third-order valence-electron chi connectivity index (χ3n) is 3.52. The maximum absolute atomic E-state index is 12.7. The third kappa shape index (κ3) is 3.65. The monoisotopic (exact) mass is 363 g/mol. The Kier molecular flexibility index (Phi) is 5.40. The second-order valence-electron chi connectivity index (χ2n) is 6.41.